The molecule has 1 fully saturated rings. The van der Waals surface area contributed by atoms with Crippen molar-refractivity contribution >= 4 is 23.0 Å². The molecule has 0 spiro atoms. The van der Waals surface area contributed by atoms with Gasteiger partial charge in [-0.1, -0.05) is 29.8 Å². The van der Waals surface area contributed by atoms with Crippen molar-refractivity contribution in [1.29, 1.82) is 0 Å². The number of rotatable bonds is 2. The summed E-state index contributed by atoms with van der Waals surface area (Å²) in [5.41, 5.74) is 2.57. The van der Waals surface area contributed by atoms with Crippen LogP contribution in [0.4, 0.5) is 11.4 Å². The Morgan fingerprint density at radius 1 is 0.810 bits per heavy atom. The molecule has 2 aromatic rings. The molecule has 2 aromatic carbocycles. The van der Waals surface area contributed by atoms with Crippen LogP contribution in [-0.2, 0) is 0 Å². The molecular formula is C18H21ClN2. The summed E-state index contributed by atoms with van der Waals surface area (Å²) >= 11 is 6.00. The maximum Gasteiger partial charge on any atom is 0.0440 e. The summed E-state index contributed by atoms with van der Waals surface area (Å²) in [6.45, 7) is 6.66. The second kappa shape index (κ2) is 5.98. The van der Waals surface area contributed by atoms with E-state index in [0.717, 1.165) is 18.1 Å². The first-order valence-electron chi connectivity index (χ1n) is 7.49. The molecule has 3 rings (SSSR count). The molecule has 2 atom stereocenters. The van der Waals surface area contributed by atoms with Gasteiger partial charge < -0.3 is 9.80 Å². The van der Waals surface area contributed by atoms with Crippen LogP contribution < -0.4 is 9.80 Å². The smallest absolute Gasteiger partial charge is 0.0440 e. The first kappa shape index (κ1) is 14.3. The lowest BCUT2D eigenvalue weighted by molar-refractivity contribution is 0.475. The maximum atomic E-state index is 6.00. The van der Waals surface area contributed by atoms with Crippen LogP contribution in [0.5, 0.6) is 0 Å². The molecule has 1 heterocycles. The molecule has 0 N–H and O–H groups in total. The minimum absolute atomic E-state index is 0.468. The monoisotopic (exact) mass is 300 g/mol. The van der Waals surface area contributed by atoms with Gasteiger partial charge in [0.25, 0.3) is 0 Å². The zero-order valence-corrected chi connectivity index (χ0v) is 13.3. The van der Waals surface area contributed by atoms with Gasteiger partial charge in [0.05, 0.1) is 0 Å². The van der Waals surface area contributed by atoms with Crippen molar-refractivity contribution in [3.63, 3.8) is 0 Å². The Morgan fingerprint density at radius 2 is 1.38 bits per heavy atom. The number of piperazine rings is 1. The fourth-order valence-electron chi connectivity index (χ4n) is 3.29. The van der Waals surface area contributed by atoms with Crippen molar-refractivity contribution in [3.05, 3.63) is 59.6 Å². The highest BCUT2D eigenvalue weighted by molar-refractivity contribution is 6.30. The summed E-state index contributed by atoms with van der Waals surface area (Å²) in [7, 11) is 0. The third-order valence-corrected chi connectivity index (χ3v) is 4.42. The highest BCUT2D eigenvalue weighted by Gasteiger charge is 2.29. The Hall–Kier alpha value is -1.67. The largest absolute Gasteiger partial charge is 0.367 e. The van der Waals surface area contributed by atoms with Gasteiger partial charge in [0.2, 0.25) is 0 Å². The third kappa shape index (κ3) is 3.01. The number of anilines is 2. The van der Waals surface area contributed by atoms with Gasteiger partial charge in [0.1, 0.15) is 0 Å². The lowest BCUT2D eigenvalue weighted by atomic mass is 10.1. The molecule has 0 unspecified atom stereocenters. The lowest BCUT2D eigenvalue weighted by Crippen LogP contribution is -2.57. The van der Waals surface area contributed by atoms with Crippen LogP contribution in [-0.4, -0.2) is 25.2 Å². The highest BCUT2D eigenvalue weighted by atomic mass is 35.5. The molecule has 1 saturated heterocycles. The molecule has 2 nitrogen and oxygen atoms in total. The Labute approximate surface area is 131 Å². The predicted molar refractivity (Wildman–Crippen MR) is 91.5 cm³/mol. The van der Waals surface area contributed by atoms with E-state index in [1.807, 2.05) is 12.1 Å². The van der Waals surface area contributed by atoms with E-state index in [0.29, 0.717) is 12.1 Å². The summed E-state index contributed by atoms with van der Waals surface area (Å²) in [6.07, 6.45) is 0. The number of benzene rings is 2. The van der Waals surface area contributed by atoms with Crippen molar-refractivity contribution < 1.29 is 0 Å². The quantitative estimate of drug-likeness (QED) is 0.809. The van der Waals surface area contributed by atoms with Gasteiger partial charge in [-0.05, 0) is 50.2 Å². The van der Waals surface area contributed by atoms with Gasteiger partial charge in [0.15, 0.2) is 0 Å². The van der Waals surface area contributed by atoms with Gasteiger partial charge in [-0.2, -0.15) is 0 Å². The van der Waals surface area contributed by atoms with Crippen LogP contribution in [0, 0.1) is 0 Å². The number of para-hydroxylation sites is 1. The second-order valence-electron chi connectivity index (χ2n) is 5.82. The van der Waals surface area contributed by atoms with E-state index in [1.165, 1.54) is 11.4 Å². The van der Waals surface area contributed by atoms with E-state index >= 15 is 0 Å². The van der Waals surface area contributed by atoms with Gasteiger partial charge in [-0.15, -0.1) is 0 Å². The van der Waals surface area contributed by atoms with E-state index in [2.05, 4.69) is 66.1 Å². The molecule has 1 aliphatic heterocycles. The van der Waals surface area contributed by atoms with Crippen LogP contribution in [0.15, 0.2) is 54.6 Å². The average Bonchev–Trinajstić information content (AvgIpc) is 2.49. The fraction of sp³-hybridized carbons (Fsp3) is 0.333. The van der Waals surface area contributed by atoms with Crippen LogP contribution in [0.3, 0.4) is 0 Å². The van der Waals surface area contributed by atoms with Crippen LogP contribution in [0.25, 0.3) is 0 Å². The molecule has 0 radical (unpaired) electrons. The van der Waals surface area contributed by atoms with E-state index in [1.54, 1.807) is 0 Å². The van der Waals surface area contributed by atoms with Crippen molar-refractivity contribution in [1.82, 2.24) is 0 Å². The normalized spacial score (nSPS) is 22.4. The van der Waals surface area contributed by atoms with Crippen LogP contribution in [0.1, 0.15) is 13.8 Å². The molecular weight excluding hydrogens is 280 g/mol. The summed E-state index contributed by atoms with van der Waals surface area (Å²) in [5.74, 6) is 0. The lowest BCUT2D eigenvalue weighted by Gasteiger charge is -2.46. The number of hydrogen-bond donors (Lipinski definition) is 0. The third-order valence-electron chi connectivity index (χ3n) is 4.17. The molecule has 0 bridgehead atoms. The molecule has 1 aliphatic rings. The van der Waals surface area contributed by atoms with Gasteiger partial charge in [-0.3, -0.25) is 0 Å². The van der Waals surface area contributed by atoms with Crippen LogP contribution >= 0.6 is 11.6 Å². The van der Waals surface area contributed by atoms with Crippen molar-refractivity contribution in [2.75, 3.05) is 22.9 Å². The average molecular weight is 301 g/mol. The molecule has 0 aromatic heterocycles. The molecule has 0 saturated carbocycles. The Kier molecular flexibility index (Phi) is 4.07. The van der Waals surface area contributed by atoms with Gasteiger partial charge >= 0.3 is 0 Å². The maximum absolute atomic E-state index is 6.00. The van der Waals surface area contributed by atoms with E-state index < -0.39 is 0 Å². The minimum atomic E-state index is 0.468. The summed E-state index contributed by atoms with van der Waals surface area (Å²) in [4.78, 5) is 4.97. The van der Waals surface area contributed by atoms with E-state index in [4.69, 9.17) is 11.6 Å². The Balaban J connectivity index is 1.80. The summed E-state index contributed by atoms with van der Waals surface area (Å²) < 4.78 is 0. The Morgan fingerprint density at radius 3 is 1.95 bits per heavy atom. The number of nitrogens with zero attached hydrogens (tertiary/aromatic N) is 2. The summed E-state index contributed by atoms with van der Waals surface area (Å²) in [5, 5.41) is 0.793. The first-order chi connectivity index (χ1) is 10.1. The van der Waals surface area contributed by atoms with Crippen molar-refractivity contribution in [3.8, 4) is 0 Å². The molecule has 0 amide bonds. The standard InChI is InChI=1S/C18H21ClN2/c1-14-12-20(17-6-4-3-5-7-17)13-15(2)21(14)18-10-8-16(19)9-11-18/h3-11,14-15H,12-13H2,1-2H3/t14-,15-/m1/s1. The zero-order chi connectivity index (χ0) is 14.8. The summed E-state index contributed by atoms with van der Waals surface area (Å²) in [6, 6.07) is 19.8. The van der Waals surface area contributed by atoms with Crippen LogP contribution in [0.2, 0.25) is 5.02 Å². The zero-order valence-electron chi connectivity index (χ0n) is 12.5. The Bertz CT molecular complexity index is 570. The molecule has 3 heteroatoms. The fourth-order valence-corrected chi connectivity index (χ4v) is 3.42. The highest BCUT2D eigenvalue weighted by Crippen LogP contribution is 2.28. The first-order valence-corrected chi connectivity index (χ1v) is 7.87. The number of hydrogen-bond acceptors (Lipinski definition) is 2. The molecule has 110 valence electrons. The molecule has 21 heavy (non-hydrogen) atoms. The second-order valence-corrected chi connectivity index (χ2v) is 6.26. The van der Waals surface area contributed by atoms with Gasteiger partial charge in [0, 0.05) is 41.6 Å². The minimum Gasteiger partial charge on any atom is -0.367 e. The topological polar surface area (TPSA) is 6.48 Å². The SMILES string of the molecule is C[C@@H]1CN(c2ccccc2)C[C@@H](C)N1c1ccc(Cl)cc1. The van der Waals surface area contributed by atoms with Crippen molar-refractivity contribution in [2.45, 2.75) is 25.9 Å². The van der Waals surface area contributed by atoms with Crippen molar-refractivity contribution in [2.24, 2.45) is 0 Å². The predicted octanol–water partition coefficient (Wildman–Crippen LogP) is 4.44. The molecule has 0 aliphatic carbocycles. The van der Waals surface area contributed by atoms with Gasteiger partial charge in [-0.25, -0.2) is 0 Å². The van der Waals surface area contributed by atoms with E-state index in [-0.39, 0.29) is 0 Å². The van der Waals surface area contributed by atoms with E-state index in [9.17, 15) is 0 Å². The number of halogens is 1.